The first-order valence-electron chi connectivity index (χ1n) is 8.62. The number of pyridine rings is 1. The first-order valence-corrected chi connectivity index (χ1v) is 9.84. The van der Waals surface area contributed by atoms with Crippen LogP contribution >= 0.6 is 11.8 Å². The van der Waals surface area contributed by atoms with E-state index in [1.165, 1.54) is 16.0 Å². The minimum Gasteiger partial charge on any atom is -0.352 e. The highest BCUT2D eigenvalue weighted by Gasteiger charge is 2.06. The normalized spacial score (nSPS) is 11.6. The van der Waals surface area contributed by atoms with E-state index in [1.54, 1.807) is 18.8 Å². The predicted molar refractivity (Wildman–Crippen MR) is 112 cm³/mol. The van der Waals surface area contributed by atoms with E-state index in [-0.39, 0.29) is 0 Å². The summed E-state index contributed by atoms with van der Waals surface area (Å²) in [5, 5.41) is 7.94. The number of nitrogens with zero attached hydrogens (tertiary/aromatic N) is 2. The van der Waals surface area contributed by atoms with Crippen molar-refractivity contribution in [2.24, 2.45) is 4.99 Å². The number of hydrogen-bond donors (Lipinski definition) is 2. The first kappa shape index (κ1) is 18.3. The Hall–Kier alpha value is -2.53. The van der Waals surface area contributed by atoms with E-state index in [4.69, 9.17) is 0 Å². The molecular formula is C21H24N4S. The van der Waals surface area contributed by atoms with Crippen LogP contribution in [0.25, 0.3) is 10.9 Å². The third-order valence-electron chi connectivity index (χ3n) is 4.28. The maximum atomic E-state index is 4.51. The number of aryl methyl sites for hydroxylation is 1. The number of para-hydroxylation sites is 1. The zero-order valence-electron chi connectivity index (χ0n) is 15.4. The van der Waals surface area contributed by atoms with Gasteiger partial charge in [0.25, 0.3) is 0 Å². The summed E-state index contributed by atoms with van der Waals surface area (Å²) in [7, 11) is 1.79. The molecule has 26 heavy (non-hydrogen) atoms. The quantitative estimate of drug-likeness (QED) is 0.406. The van der Waals surface area contributed by atoms with Gasteiger partial charge in [-0.25, -0.2) is 0 Å². The Morgan fingerprint density at radius 3 is 2.58 bits per heavy atom. The van der Waals surface area contributed by atoms with Gasteiger partial charge in [-0.05, 0) is 42.0 Å². The Kier molecular flexibility index (Phi) is 6.12. The van der Waals surface area contributed by atoms with Crippen molar-refractivity contribution in [1.82, 2.24) is 15.6 Å². The second kappa shape index (κ2) is 8.72. The van der Waals surface area contributed by atoms with Gasteiger partial charge in [-0.2, -0.15) is 0 Å². The van der Waals surface area contributed by atoms with E-state index in [1.807, 2.05) is 12.3 Å². The van der Waals surface area contributed by atoms with E-state index in [9.17, 15) is 0 Å². The number of nitrogens with one attached hydrogen (secondary N) is 2. The van der Waals surface area contributed by atoms with Crippen LogP contribution in [0, 0.1) is 6.92 Å². The van der Waals surface area contributed by atoms with E-state index in [2.05, 4.69) is 76.3 Å². The number of rotatable bonds is 5. The summed E-state index contributed by atoms with van der Waals surface area (Å²) in [6, 6.07) is 16.8. The first-order chi connectivity index (χ1) is 12.7. The third-order valence-corrected chi connectivity index (χ3v) is 5.09. The number of aliphatic imine (C=N–C) groups is 1. The van der Waals surface area contributed by atoms with Crippen molar-refractivity contribution in [2.75, 3.05) is 13.3 Å². The van der Waals surface area contributed by atoms with Gasteiger partial charge in [-0.1, -0.05) is 36.4 Å². The molecule has 0 unspecified atom stereocenters. The monoisotopic (exact) mass is 364 g/mol. The third kappa shape index (κ3) is 4.35. The lowest BCUT2D eigenvalue weighted by Crippen LogP contribution is -2.36. The van der Waals surface area contributed by atoms with Crippen LogP contribution in [0.15, 0.2) is 64.6 Å². The summed E-state index contributed by atoms with van der Waals surface area (Å²) in [5.74, 6) is 0.783. The maximum Gasteiger partial charge on any atom is 0.191 e. The van der Waals surface area contributed by atoms with Gasteiger partial charge in [0.1, 0.15) is 0 Å². The number of benzene rings is 2. The van der Waals surface area contributed by atoms with Crippen LogP contribution < -0.4 is 10.6 Å². The lowest BCUT2D eigenvalue weighted by atomic mass is 10.1. The smallest absolute Gasteiger partial charge is 0.191 e. The van der Waals surface area contributed by atoms with Gasteiger partial charge >= 0.3 is 0 Å². The minimum absolute atomic E-state index is 0.678. The van der Waals surface area contributed by atoms with Gasteiger partial charge in [0, 0.05) is 36.6 Å². The van der Waals surface area contributed by atoms with Crippen molar-refractivity contribution in [3.63, 3.8) is 0 Å². The van der Waals surface area contributed by atoms with E-state index < -0.39 is 0 Å². The predicted octanol–water partition coefficient (Wildman–Crippen LogP) is 4.13. The number of fused-ring (bicyclic) bond motifs is 1. The molecule has 0 aliphatic heterocycles. The fourth-order valence-corrected chi connectivity index (χ4v) is 3.59. The van der Waals surface area contributed by atoms with Crippen LogP contribution in [-0.2, 0) is 13.1 Å². The molecule has 0 saturated carbocycles. The van der Waals surface area contributed by atoms with Crippen LogP contribution in [0.4, 0.5) is 0 Å². The molecule has 0 bridgehead atoms. The molecule has 1 heterocycles. The minimum atomic E-state index is 0.678. The highest BCUT2D eigenvalue weighted by atomic mass is 32.2. The van der Waals surface area contributed by atoms with E-state index >= 15 is 0 Å². The number of hydrogen-bond acceptors (Lipinski definition) is 3. The highest BCUT2D eigenvalue weighted by Crippen LogP contribution is 2.21. The molecule has 0 fully saturated rings. The molecule has 0 spiro atoms. The Morgan fingerprint density at radius 2 is 1.81 bits per heavy atom. The van der Waals surface area contributed by atoms with Crippen LogP contribution in [0.2, 0.25) is 0 Å². The van der Waals surface area contributed by atoms with Gasteiger partial charge in [-0.15, -0.1) is 11.8 Å². The number of aromatic nitrogens is 1. The lowest BCUT2D eigenvalue weighted by molar-refractivity contribution is 0.803. The van der Waals surface area contributed by atoms with Crippen molar-refractivity contribution in [2.45, 2.75) is 24.9 Å². The Morgan fingerprint density at radius 1 is 1.04 bits per heavy atom. The maximum absolute atomic E-state index is 4.51. The zero-order valence-corrected chi connectivity index (χ0v) is 16.2. The van der Waals surface area contributed by atoms with Crippen molar-refractivity contribution in [1.29, 1.82) is 0 Å². The highest BCUT2D eigenvalue weighted by molar-refractivity contribution is 7.98. The zero-order chi connectivity index (χ0) is 18.4. The molecule has 3 aromatic rings. The molecule has 0 atom stereocenters. The fraction of sp³-hybridized carbons (Fsp3) is 0.238. The molecule has 1 aromatic heterocycles. The van der Waals surface area contributed by atoms with Gasteiger partial charge in [0.05, 0.1) is 5.52 Å². The molecule has 2 aromatic carbocycles. The summed E-state index contributed by atoms with van der Waals surface area (Å²) in [5.41, 5.74) is 4.74. The molecule has 4 nitrogen and oxygen atoms in total. The molecule has 0 radical (unpaired) electrons. The summed E-state index contributed by atoms with van der Waals surface area (Å²) >= 11 is 1.77. The van der Waals surface area contributed by atoms with Crippen LogP contribution in [0.5, 0.6) is 0 Å². The molecule has 134 valence electrons. The SMILES string of the molecule is CN=C(NCc1ccc(C)cc1SC)NCc1cccc2cccnc12. The Balaban J connectivity index is 1.65. The van der Waals surface area contributed by atoms with Gasteiger partial charge in [0.2, 0.25) is 0 Å². The molecule has 3 rings (SSSR count). The Labute approximate surface area is 159 Å². The second-order valence-electron chi connectivity index (χ2n) is 6.09. The summed E-state index contributed by atoms with van der Waals surface area (Å²) in [6.45, 7) is 3.54. The van der Waals surface area contributed by atoms with Crippen LogP contribution in [0.3, 0.4) is 0 Å². The second-order valence-corrected chi connectivity index (χ2v) is 6.93. The number of guanidine groups is 1. The van der Waals surface area contributed by atoms with Gasteiger partial charge in [-0.3, -0.25) is 9.98 Å². The summed E-state index contributed by atoms with van der Waals surface area (Å²) < 4.78 is 0. The van der Waals surface area contributed by atoms with Gasteiger partial charge < -0.3 is 10.6 Å². The van der Waals surface area contributed by atoms with E-state index in [0.717, 1.165) is 29.0 Å². The fourth-order valence-electron chi connectivity index (χ4n) is 2.89. The summed E-state index contributed by atoms with van der Waals surface area (Å²) in [6.07, 6.45) is 3.94. The molecule has 0 amide bonds. The van der Waals surface area contributed by atoms with Crippen molar-refractivity contribution >= 4 is 28.6 Å². The molecule has 0 saturated heterocycles. The molecular weight excluding hydrogens is 340 g/mol. The topological polar surface area (TPSA) is 49.3 Å². The summed E-state index contributed by atoms with van der Waals surface area (Å²) in [4.78, 5) is 10.1. The average molecular weight is 365 g/mol. The molecule has 0 aliphatic carbocycles. The van der Waals surface area contributed by atoms with Crippen molar-refractivity contribution in [3.05, 3.63) is 71.4 Å². The molecule has 0 aliphatic rings. The van der Waals surface area contributed by atoms with Crippen LogP contribution in [0.1, 0.15) is 16.7 Å². The average Bonchev–Trinajstić information content (AvgIpc) is 2.68. The molecule has 5 heteroatoms. The lowest BCUT2D eigenvalue weighted by Gasteiger charge is -2.14. The Bertz CT molecular complexity index is 916. The van der Waals surface area contributed by atoms with E-state index in [0.29, 0.717) is 6.54 Å². The standard InChI is InChI=1S/C21H24N4S/c1-15-9-10-17(19(12-15)26-3)13-24-21(22-2)25-14-18-7-4-6-16-8-5-11-23-20(16)18/h4-12H,13-14H2,1-3H3,(H2,22,24,25). The van der Waals surface area contributed by atoms with Crippen molar-refractivity contribution in [3.8, 4) is 0 Å². The van der Waals surface area contributed by atoms with Gasteiger partial charge in [0.15, 0.2) is 5.96 Å². The number of thioether (sulfide) groups is 1. The molecule has 2 N–H and O–H groups in total. The van der Waals surface area contributed by atoms with Crippen molar-refractivity contribution < 1.29 is 0 Å². The van der Waals surface area contributed by atoms with Crippen LogP contribution in [-0.4, -0.2) is 24.2 Å². The largest absolute Gasteiger partial charge is 0.352 e.